The van der Waals surface area contributed by atoms with Crippen LogP contribution in [0.3, 0.4) is 0 Å². The van der Waals surface area contributed by atoms with E-state index in [1.807, 2.05) is 6.92 Å². The van der Waals surface area contributed by atoms with Gasteiger partial charge in [0.1, 0.15) is 5.75 Å². The quantitative estimate of drug-likeness (QED) is 0.377. The van der Waals surface area contributed by atoms with Crippen LogP contribution in [0.15, 0.2) is 29.4 Å². The minimum atomic E-state index is -0.407. The van der Waals surface area contributed by atoms with Gasteiger partial charge in [0, 0.05) is 24.2 Å². The fourth-order valence-corrected chi connectivity index (χ4v) is 1.93. The molecule has 0 atom stereocenters. The summed E-state index contributed by atoms with van der Waals surface area (Å²) >= 11 is 0. The van der Waals surface area contributed by atoms with Crippen LogP contribution in [0.5, 0.6) is 5.75 Å². The molecule has 0 fully saturated rings. The van der Waals surface area contributed by atoms with E-state index in [-0.39, 0.29) is 25.2 Å². The summed E-state index contributed by atoms with van der Waals surface area (Å²) in [4.78, 5) is 34.8. The van der Waals surface area contributed by atoms with E-state index in [1.54, 1.807) is 38.1 Å². The van der Waals surface area contributed by atoms with Crippen molar-refractivity contribution >= 4 is 29.2 Å². The molecule has 0 aliphatic carbocycles. The normalized spacial score (nSPS) is 10.8. The fourth-order valence-electron chi connectivity index (χ4n) is 1.93. The maximum atomic E-state index is 11.9. The maximum Gasteiger partial charge on any atom is 0.311 e. The van der Waals surface area contributed by atoms with Gasteiger partial charge >= 0.3 is 5.97 Å². The van der Waals surface area contributed by atoms with Crippen LogP contribution in [0, 0.1) is 0 Å². The number of rotatable bonds is 10. The Hall–Kier alpha value is -2.90. The van der Waals surface area contributed by atoms with Gasteiger partial charge in [-0.25, -0.2) is 5.43 Å². The van der Waals surface area contributed by atoms with E-state index in [1.165, 1.54) is 0 Å². The lowest BCUT2D eigenvalue weighted by Gasteiger charge is -2.07. The molecule has 0 aromatic heterocycles. The molecule has 0 saturated heterocycles. The molecule has 0 bridgehead atoms. The Kier molecular flexibility index (Phi) is 9.45. The molecule has 26 heavy (non-hydrogen) atoms. The number of ether oxygens (including phenoxy) is 2. The van der Waals surface area contributed by atoms with E-state index in [0.29, 0.717) is 24.6 Å². The lowest BCUT2D eigenvalue weighted by Crippen LogP contribution is -2.22. The van der Waals surface area contributed by atoms with Crippen molar-refractivity contribution in [2.45, 2.75) is 40.0 Å². The molecule has 1 aromatic rings. The van der Waals surface area contributed by atoms with E-state index in [4.69, 9.17) is 9.47 Å². The van der Waals surface area contributed by atoms with E-state index in [9.17, 15) is 14.4 Å². The highest BCUT2D eigenvalue weighted by Crippen LogP contribution is 2.15. The molecule has 0 aliphatic heterocycles. The Morgan fingerprint density at radius 1 is 1.00 bits per heavy atom. The molecule has 1 aromatic carbocycles. The van der Waals surface area contributed by atoms with Crippen LogP contribution >= 0.6 is 0 Å². The van der Waals surface area contributed by atoms with Gasteiger partial charge in [-0.2, -0.15) is 5.10 Å². The summed E-state index contributed by atoms with van der Waals surface area (Å²) in [6.07, 6.45) is 0.0108. The first-order valence-electron chi connectivity index (χ1n) is 8.44. The summed E-state index contributed by atoms with van der Waals surface area (Å²) in [7, 11) is 0. The molecule has 0 heterocycles. The van der Waals surface area contributed by atoms with Crippen molar-refractivity contribution in [3.63, 3.8) is 0 Å². The lowest BCUT2D eigenvalue weighted by atomic mass is 10.2. The number of amides is 2. The zero-order chi connectivity index (χ0) is 19.4. The molecule has 2 N–H and O–H groups in total. The van der Waals surface area contributed by atoms with Crippen molar-refractivity contribution in [2.75, 3.05) is 18.5 Å². The first-order valence-corrected chi connectivity index (χ1v) is 8.44. The van der Waals surface area contributed by atoms with Gasteiger partial charge in [-0.1, -0.05) is 0 Å². The molecule has 8 heteroatoms. The van der Waals surface area contributed by atoms with Crippen molar-refractivity contribution in [1.82, 2.24) is 5.43 Å². The highest BCUT2D eigenvalue weighted by atomic mass is 16.5. The van der Waals surface area contributed by atoms with Gasteiger partial charge in [-0.15, -0.1) is 0 Å². The minimum Gasteiger partial charge on any atom is -0.494 e. The van der Waals surface area contributed by atoms with Gasteiger partial charge in [0.25, 0.3) is 0 Å². The maximum absolute atomic E-state index is 11.9. The lowest BCUT2D eigenvalue weighted by molar-refractivity contribution is -0.141. The van der Waals surface area contributed by atoms with Crippen LogP contribution in [0.25, 0.3) is 0 Å². The van der Waals surface area contributed by atoms with Crippen molar-refractivity contribution in [3.8, 4) is 5.75 Å². The third-order valence-corrected chi connectivity index (χ3v) is 3.11. The zero-order valence-corrected chi connectivity index (χ0v) is 15.3. The van der Waals surface area contributed by atoms with Crippen molar-refractivity contribution in [3.05, 3.63) is 24.3 Å². The van der Waals surface area contributed by atoms with Gasteiger partial charge in [0.15, 0.2) is 0 Å². The smallest absolute Gasteiger partial charge is 0.311 e. The summed E-state index contributed by atoms with van der Waals surface area (Å²) in [5.41, 5.74) is 3.37. The van der Waals surface area contributed by atoms with Gasteiger partial charge < -0.3 is 14.8 Å². The summed E-state index contributed by atoms with van der Waals surface area (Å²) in [5.74, 6) is -0.370. The molecule has 1 rings (SSSR count). The van der Waals surface area contributed by atoms with Crippen molar-refractivity contribution in [1.29, 1.82) is 0 Å². The first kappa shape index (κ1) is 21.1. The van der Waals surface area contributed by atoms with Gasteiger partial charge in [0.05, 0.1) is 19.6 Å². The zero-order valence-electron chi connectivity index (χ0n) is 15.3. The standard InChI is InChI=1S/C18H25N3O5/c1-4-25-15-8-6-14(7-9-15)19-16(22)10-11-17(23)21-20-13(3)12-18(24)26-5-2/h6-9H,4-5,10-12H2,1-3H3,(H,19,22)(H,21,23)/b20-13+. The number of anilines is 1. The Labute approximate surface area is 152 Å². The highest BCUT2D eigenvalue weighted by Gasteiger charge is 2.08. The second kappa shape index (κ2) is 11.6. The monoisotopic (exact) mass is 363 g/mol. The summed E-state index contributed by atoms with van der Waals surface area (Å²) in [5, 5.41) is 6.51. The highest BCUT2D eigenvalue weighted by molar-refractivity contribution is 5.98. The molecule has 0 spiro atoms. The number of hydrazone groups is 1. The molecule has 0 radical (unpaired) electrons. The Bertz CT molecular complexity index is 641. The molecule has 8 nitrogen and oxygen atoms in total. The first-order chi connectivity index (χ1) is 12.4. The van der Waals surface area contributed by atoms with Crippen LogP contribution in [0.4, 0.5) is 5.69 Å². The number of nitrogens with zero attached hydrogens (tertiary/aromatic N) is 1. The van der Waals surface area contributed by atoms with Gasteiger partial charge in [-0.3, -0.25) is 14.4 Å². The number of esters is 1. The molecule has 2 amide bonds. The average molecular weight is 363 g/mol. The van der Waals surface area contributed by atoms with Gasteiger partial charge in [-0.05, 0) is 45.0 Å². The SMILES string of the molecule is CCOC(=O)C/C(C)=N/NC(=O)CCC(=O)Nc1ccc(OCC)cc1. The van der Waals surface area contributed by atoms with Crippen LogP contribution in [0.2, 0.25) is 0 Å². The van der Waals surface area contributed by atoms with E-state index in [2.05, 4.69) is 15.8 Å². The molecular formula is C18H25N3O5. The summed E-state index contributed by atoms with van der Waals surface area (Å²) < 4.78 is 10.1. The Morgan fingerprint density at radius 3 is 2.27 bits per heavy atom. The summed E-state index contributed by atoms with van der Waals surface area (Å²) in [6, 6.07) is 6.97. The van der Waals surface area contributed by atoms with E-state index >= 15 is 0 Å². The fraction of sp³-hybridized carbons (Fsp3) is 0.444. The third kappa shape index (κ3) is 8.81. The van der Waals surface area contributed by atoms with Gasteiger partial charge in [0.2, 0.25) is 11.8 Å². The third-order valence-electron chi connectivity index (χ3n) is 3.11. The molecule has 0 saturated carbocycles. The number of hydrogen-bond acceptors (Lipinski definition) is 6. The Morgan fingerprint density at radius 2 is 1.65 bits per heavy atom. The van der Waals surface area contributed by atoms with Crippen LogP contribution in [0.1, 0.15) is 40.0 Å². The Balaban J connectivity index is 2.33. The number of nitrogens with one attached hydrogen (secondary N) is 2. The second-order valence-electron chi connectivity index (χ2n) is 5.37. The molecule has 142 valence electrons. The van der Waals surface area contributed by atoms with E-state index < -0.39 is 11.9 Å². The number of carbonyl (C=O) groups excluding carboxylic acids is 3. The molecule has 0 unspecified atom stereocenters. The van der Waals surface area contributed by atoms with Crippen LogP contribution in [-0.4, -0.2) is 36.7 Å². The number of hydrogen-bond donors (Lipinski definition) is 2. The molecular weight excluding hydrogens is 338 g/mol. The summed E-state index contributed by atoms with van der Waals surface area (Å²) in [6.45, 7) is 6.08. The minimum absolute atomic E-state index is 0.00630. The van der Waals surface area contributed by atoms with Crippen molar-refractivity contribution < 1.29 is 23.9 Å². The average Bonchev–Trinajstić information content (AvgIpc) is 2.60. The van der Waals surface area contributed by atoms with Crippen LogP contribution in [-0.2, 0) is 19.1 Å². The number of carbonyl (C=O) groups is 3. The largest absolute Gasteiger partial charge is 0.494 e. The van der Waals surface area contributed by atoms with E-state index in [0.717, 1.165) is 5.75 Å². The topological polar surface area (TPSA) is 106 Å². The van der Waals surface area contributed by atoms with Crippen LogP contribution < -0.4 is 15.5 Å². The predicted molar refractivity (Wildman–Crippen MR) is 98.0 cm³/mol. The predicted octanol–water partition coefficient (Wildman–Crippen LogP) is 2.25. The van der Waals surface area contributed by atoms with Crippen molar-refractivity contribution in [2.24, 2.45) is 5.10 Å². The second-order valence-corrected chi connectivity index (χ2v) is 5.37. The number of benzene rings is 1. The molecule has 0 aliphatic rings.